The molecule has 0 aliphatic heterocycles. The van der Waals surface area contributed by atoms with Crippen LogP contribution in [0.1, 0.15) is 12.5 Å². The van der Waals surface area contributed by atoms with Crippen LogP contribution in [-0.2, 0) is 14.8 Å². The second kappa shape index (κ2) is 9.99. The molecule has 8 heteroatoms. The Labute approximate surface area is 182 Å². The summed E-state index contributed by atoms with van der Waals surface area (Å²) in [5, 5.41) is 2.74. The Hall–Kier alpha value is -3.52. The highest BCUT2D eigenvalue weighted by Gasteiger charge is 2.14. The lowest BCUT2D eigenvalue weighted by atomic mass is 10.2. The van der Waals surface area contributed by atoms with Crippen LogP contribution >= 0.6 is 0 Å². The van der Waals surface area contributed by atoms with Gasteiger partial charge in [0.25, 0.3) is 15.9 Å². The van der Waals surface area contributed by atoms with Crippen molar-refractivity contribution in [2.75, 3.05) is 23.3 Å². The second-order valence-electron chi connectivity index (χ2n) is 6.74. The van der Waals surface area contributed by atoms with E-state index in [9.17, 15) is 13.2 Å². The summed E-state index contributed by atoms with van der Waals surface area (Å²) in [5.74, 6) is 0.746. The summed E-state index contributed by atoms with van der Waals surface area (Å²) in [4.78, 5) is 12.1. The quantitative estimate of drug-likeness (QED) is 0.520. The highest BCUT2D eigenvalue weighted by Crippen LogP contribution is 2.21. The molecule has 0 fully saturated rings. The number of aryl methyl sites for hydroxylation is 1. The SMILES string of the molecule is CCOc1ccc(NS(=O)(=O)c2ccc(OCC(=O)Nc3ccc(C)cc3)cc2)cc1. The first-order chi connectivity index (χ1) is 14.9. The Morgan fingerprint density at radius 2 is 1.35 bits per heavy atom. The van der Waals surface area contributed by atoms with Gasteiger partial charge in [-0.25, -0.2) is 8.42 Å². The van der Waals surface area contributed by atoms with Gasteiger partial charge in [-0.3, -0.25) is 9.52 Å². The minimum Gasteiger partial charge on any atom is -0.494 e. The van der Waals surface area contributed by atoms with Crippen molar-refractivity contribution in [3.63, 3.8) is 0 Å². The lowest BCUT2D eigenvalue weighted by Crippen LogP contribution is -2.20. The van der Waals surface area contributed by atoms with Gasteiger partial charge in [-0.15, -0.1) is 0 Å². The first-order valence-corrected chi connectivity index (χ1v) is 11.2. The maximum atomic E-state index is 12.6. The van der Waals surface area contributed by atoms with E-state index in [0.717, 1.165) is 5.56 Å². The number of carbonyl (C=O) groups is 1. The van der Waals surface area contributed by atoms with Crippen LogP contribution in [0.5, 0.6) is 11.5 Å². The number of benzene rings is 3. The van der Waals surface area contributed by atoms with Crippen LogP contribution in [0.25, 0.3) is 0 Å². The lowest BCUT2D eigenvalue weighted by molar-refractivity contribution is -0.118. The van der Waals surface area contributed by atoms with E-state index in [1.807, 2.05) is 38.1 Å². The number of sulfonamides is 1. The summed E-state index contributed by atoms with van der Waals surface area (Å²) in [6.07, 6.45) is 0. The van der Waals surface area contributed by atoms with Crippen LogP contribution in [0.15, 0.2) is 77.7 Å². The van der Waals surface area contributed by atoms with Gasteiger partial charge in [-0.1, -0.05) is 17.7 Å². The number of amides is 1. The molecule has 0 spiro atoms. The Balaban J connectivity index is 1.55. The van der Waals surface area contributed by atoms with Gasteiger partial charge >= 0.3 is 0 Å². The van der Waals surface area contributed by atoms with Crippen molar-refractivity contribution in [3.05, 3.63) is 78.4 Å². The summed E-state index contributed by atoms with van der Waals surface area (Å²) in [6.45, 7) is 4.18. The Morgan fingerprint density at radius 1 is 0.806 bits per heavy atom. The van der Waals surface area contributed by atoms with Crippen molar-refractivity contribution in [1.82, 2.24) is 0 Å². The van der Waals surface area contributed by atoms with Gasteiger partial charge in [0.2, 0.25) is 0 Å². The molecule has 7 nitrogen and oxygen atoms in total. The molecule has 0 heterocycles. The van der Waals surface area contributed by atoms with E-state index in [2.05, 4.69) is 10.0 Å². The van der Waals surface area contributed by atoms with E-state index in [4.69, 9.17) is 9.47 Å². The smallest absolute Gasteiger partial charge is 0.262 e. The topological polar surface area (TPSA) is 93.7 Å². The molecule has 0 bridgehead atoms. The molecule has 0 saturated carbocycles. The van der Waals surface area contributed by atoms with Gasteiger partial charge in [0, 0.05) is 11.4 Å². The molecule has 2 N–H and O–H groups in total. The lowest BCUT2D eigenvalue weighted by Gasteiger charge is -2.11. The fraction of sp³-hybridized carbons (Fsp3) is 0.174. The Kier molecular flexibility index (Phi) is 7.15. The monoisotopic (exact) mass is 440 g/mol. The van der Waals surface area contributed by atoms with Crippen LogP contribution in [-0.4, -0.2) is 27.5 Å². The fourth-order valence-electron chi connectivity index (χ4n) is 2.70. The van der Waals surface area contributed by atoms with Crippen molar-refractivity contribution < 1.29 is 22.7 Å². The maximum Gasteiger partial charge on any atom is 0.262 e. The van der Waals surface area contributed by atoms with Crippen molar-refractivity contribution in [1.29, 1.82) is 0 Å². The highest BCUT2D eigenvalue weighted by atomic mass is 32.2. The zero-order chi connectivity index (χ0) is 22.3. The van der Waals surface area contributed by atoms with Gasteiger partial charge in [-0.05, 0) is 74.5 Å². The third-order valence-corrected chi connectivity index (χ3v) is 5.65. The minimum atomic E-state index is -3.76. The first-order valence-electron chi connectivity index (χ1n) is 9.71. The molecule has 31 heavy (non-hydrogen) atoms. The molecule has 3 aromatic carbocycles. The van der Waals surface area contributed by atoms with Crippen molar-refractivity contribution >= 4 is 27.3 Å². The van der Waals surface area contributed by atoms with Crippen LogP contribution in [0.4, 0.5) is 11.4 Å². The number of ether oxygens (including phenoxy) is 2. The minimum absolute atomic E-state index is 0.0813. The summed E-state index contributed by atoms with van der Waals surface area (Å²) in [7, 11) is -3.76. The van der Waals surface area contributed by atoms with Crippen LogP contribution in [0.3, 0.4) is 0 Å². The second-order valence-corrected chi connectivity index (χ2v) is 8.42. The van der Waals surface area contributed by atoms with Gasteiger partial charge in [0.1, 0.15) is 11.5 Å². The third kappa shape index (κ3) is 6.48. The molecule has 0 radical (unpaired) electrons. The predicted molar refractivity (Wildman–Crippen MR) is 120 cm³/mol. The Morgan fingerprint density at radius 3 is 1.97 bits per heavy atom. The summed E-state index contributed by atoms with van der Waals surface area (Å²) >= 11 is 0. The average molecular weight is 441 g/mol. The molecule has 162 valence electrons. The standard InChI is InChI=1S/C23H24N2O5S/c1-3-29-20-10-8-19(9-11-20)25-31(27,28)22-14-12-21(13-15-22)30-16-23(26)24-18-6-4-17(2)5-7-18/h4-15,25H,3,16H2,1-2H3,(H,24,26). The molecule has 3 rings (SSSR count). The van der Waals surface area contributed by atoms with Crippen LogP contribution < -0.4 is 19.5 Å². The van der Waals surface area contributed by atoms with E-state index in [1.165, 1.54) is 24.3 Å². The summed E-state index contributed by atoms with van der Waals surface area (Å²) in [5.41, 5.74) is 2.21. The number of hydrogen-bond acceptors (Lipinski definition) is 5. The molecule has 0 saturated heterocycles. The largest absolute Gasteiger partial charge is 0.494 e. The predicted octanol–water partition coefficient (Wildman–Crippen LogP) is 4.21. The van der Waals surface area contributed by atoms with Crippen molar-refractivity contribution in [2.24, 2.45) is 0 Å². The highest BCUT2D eigenvalue weighted by molar-refractivity contribution is 7.92. The van der Waals surface area contributed by atoms with Gasteiger partial charge in [-0.2, -0.15) is 0 Å². The fourth-order valence-corrected chi connectivity index (χ4v) is 3.76. The summed E-state index contributed by atoms with van der Waals surface area (Å²) < 4.78 is 38.4. The molecular weight excluding hydrogens is 416 g/mol. The number of nitrogens with one attached hydrogen (secondary N) is 2. The number of carbonyl (C=O) groups excluding carboxylic acids is 1. The molecule has 0 aliphatic rings. The van der Waals surface area contributed by atoms with Gasteiger partial charge < -0.3 is 14.8 Å². The average Bonchev–Trinajstić information content (AvgIpc) is 2.76. The summed E-state index contributed by atoms with van der Waals surface area (Å²) in [6, 6.07) is 19.9. The van der Waals surface area contributed by atoms with Gasteiger partial charge in [0.15, 0.2) is 6.61 Å². The third-order valence-electron chi connectivity index (χ3n) is 4.26. The zero-order valence-corrected chi connectivity index (χ0v) is 18.1. The number of hydrogen-bond donors (Lipinski definition) is 2. The number of anilines is 2. The zero-order valence-electron chi connectivity index (χ0n) is 17.3. The first kappa shape index (κ1) is 22.2. The van der Waals surface area contributed by atoms with Crippen molar-refractivity contribution in [2.45, 2.75) is 18.7 Å². The van der Waals surface area contributed by atoms with E-state index in [0.29, 0.717) is 29.5 Å². The van der Waals surface area contributed by atoms with E-state index in [1.54, 1.807) is 24.3 Å². The maximum absolute atomic E-state index is 12.6. The molecule has 3 aromatic rings. The molecular formula is C23H24N2O5S. The van der Waals surface area contributed by atoms with E-state index in [-0.39, 0.29) is 17.4 Å². The molecule has 0 aromatic heterocycles. The molecule has 0 aliphatic carbocycles. The van der Waals surface area contributed by atoms with Crippen molar-refractivity contribution in [3.8, 4) is 11.5 Å². The van der Waals surface area contributed by atoms with Crippen LogP contribution in [0, 0.1) is 6.92 Å². The van der Waals surface area contributed by atoms with Crippen LogP contribution in [0.2, 0.25) is 0 Å². The molecule has 1 amide bonds. The molecule has 0 unspecified atom stereocenters. The number of rotatable bonds is 9. The van der Waals surface area contributed by atoms with E-state index < -0.39 is 10.0 Å². The normalized spacial score (nSPS) is 10.9. The Bertz CT molecular complexity index is 1110. The van der Waals surface area contributed by atoms with E-state index >= 15 is 0 Å². The molecule has 0 atom stereocenters. The van der Waals surface area contributed by atoms with Gasteiger partial charge in [0.05, 0.1) is 11.5 Å².